The van der Waals surface area contributed by atoms with E-state index in [1.165, 1.54) is 0 Å². The Bertz CT molecular complexity index is 399. The van der Waals surface area contributed by atoms with E-state index in [9.17, 15) is 4.79 Å². The fraction of sp³-hybridized carbons (Fsp3) is 0.100. The van der Waals surface area contributed by atoms with Crippen molar-refractivity contribution in [3.63, 3.8) is 0 Å². The topological polar surface area (TPSA) is 37.3 Å². The molecule has 0 aliphatic rings. The minimum atomic E-state index is -0.963. The Morgan fingerprint density at radius 2 is 2.21 bits per heavy atom. The van der Waals surface area contributed by atoms with E-state index in [-0.39, 0.29) is 0 Å². The fourth-order valence-corrected chi connectivity index (χ4v) is 1.57. The first-order valence-corrected chi connectivity index (χ1v) is 5.05. The highest BCUT2D eigenvalue weighted by Crippen LogP contribution is 2.28. The Labute approximate surface area is 95.3 Å². The van der Waals surface area contributed by atoms with Crippen LogP contribution in [-0.2, 0) is 4.79 Å². The molecule has 2 nitrogen and oxygen atoms in total. The molecule has 0 aromatic heterocycles. The standard InChI is InChI=1S/C10H8BrClO2/c1-6-7(3-5-9(13)14)2-4-8(12)10(6)11/h2-5H,1H3,(H,13,14)/b5-3+. The first kappa shape index (κ1) is 11.3. The number of benzene rings is 1. The van der Waals surface area contributed by atoms with E-state index in [2.05, 4.69) is 15.9 Å². The quantitative estimate of drug-likeness (QED) is 0.839. The van der Waals surface area contributed by atoms with Crippen molar-refractivity contribution in [3.05, 3.63) is 38.8 Å². The fourth-order valence-electron chi connectivity index (χ4n) is 1.01. The average Bonchev–Trinajstić information content (AvgIpc) is 2.13. The van der Waals surface area contributed by atoms with Gasteiger partial charge in [-0.15, -0.1) is 0 Å². The summed E-state index contributed by atoms with van der Waals surface area (Å²) in [5.74, 6) is -0.963. The van der Waals surface area contributed by atoms with Gasteiger partial charge in [-0.05, 0) is 46.1 Å². The first-order valence-electron chi connectivity index (χ1n) is 3.88. The van der Waals surface area contributed by atoms with E-state index in [0.717, 1.165) is 21.7 Å². The van der Waals surface area contributed by atoms with Crippen LogP contribution in [0.3, 0.4) is 0 Å². The van der Waals surface area contributed by atoms with Crippen LogP contribution in [0, 0.1) is 6.92 Å². The molecule has 4 heteroatoms. The van der Waals surface area contributed by atoms with Crippen LogP contribution in [0.5, 0.6) is 0 Å². The number of hydrogen-bond acceptors (Lipinski definition) is 1. The highest BCUT2D eigenvalue weighted by atomic mass is 79.9. The summed E-state index contributed by atoms with van der Waals surface area (Å²) < 4.78 is 0.798. The lowest BCUT2D eigenvalue weighted by Crippen LogP contribution is -1.88. The smallest absolute Gasteiger partial charge is 0.328 e. The summed E-state index contributed by atoms with van der Waals surface area (Å²) in [7, 11) is 0. The van der Waals surface area contributed by atoms with Crippen molar-refractivity contribution in [2.75, 3.05) is 0 Å². The van der Waals surface area contributed by atoms with Crippen LogP contribution >= 0.6 is 27.5 Å². The number of carboxylic acid groups (broad SMARTS) is 1. The second-order valence-corrected chi connectivity index (χ2v) is 3.95. The molecule has 0 spiro atoms. The van der Waals surface area contributed by atoms with Crippen molar-refractivity contribution in [3.8, 4) is 0 Å². The van der Waals surface area contributed by atoms with E-state index in [1.807, 2.05) is 6.92 Å². The molecule has 0 aliphatic heterocycles. The summed E-state index contributed by atoms with van der Waals surface area (Å²) in [5.41, 5.74) is 1.76. The highest BCUT2D eigenvalue weighted by molar-refractivity contribution is 9.10. The van der Waals surface area contributed by atoms with E-state index in [1.54, 1.807) is 18.2 Å². The van der Waals surface area contributed by atoms with Crippen LogP contribution < -0.4 is 0 Å². The van der Waals surface area contributed by atoms with Crippen molar-refractivity contribution < 1.29 is 9.90 Å². The Balaban J connectivity index is 3.12. The molecule has 1 aromatic carbocycles. The van der Waals surface area contributed by atoms with Crippen LogP contribution in [-0.4, -0.2) is 11.1 Å². The zero-order valence-corrected chi connectivity index (χ0v) is 9.76. The zero-order valence-electron chi connectivity index (χ0n) is 7.42. The third-order valence-corrected chi connectivity index (χ3v) is 3.35. The largest absolute Gasteiger partial charge is 0.478 e. The summed E-state index contributed by atoms with van der Waals surface area (Å²) >= 11 is 9.19. The zero-order chi connectivity index (χ0) is 10.7. The molecule has 14 heavy (non-hydrogen) atoms. The summed E-state index contributed by atoms with van der Waals surface area (Å²) in [6, 6.07) is 3.50. The lowest BCUT2D eigenvalue weighted by Gasteiger charge is -2.04. The van der Waals surface area contributed by atoms with E-state index in [4.69, 9.17) is 16.7 Å². The molecule has 74 valence electrons. The lowest BCUT2D eigenvalue weighted by molar-refractivity contribution is -0.131. The molecule has 1 aromatic rings. The molecule has 1 N–H and O–H groups in total. The molecule has 0 radical (unpaired) electrons. The maximum absolute atomic E-state index is 10.3. The van der Waals surface area contributed by atoms with Crippen LogP contribution in [0.25, 0.3) is 6.08 Å². The second-order valence-electron chi connectivity index (χ2n) is 2.75. The van der Waals surface area contributed by atoms with Gasteiger partial charge < -0.3 is 5.11 Å². The van der Waals surface area contributed by atoms with Crippen molar-refractivity contribution in [2.24, 2.45) is 0 Å². The van der Waals surface area contributed by atoms with E-state index >= 15 is 0 Å². The first-order chi connectivity index (χ1) is 6.52. The molecule has 1 rings (SSSR count). The number of carbonyl (C=O) groups is 1. The average molecular weight is 276 g/mol. The molecule has 0 saturated heterocycles. The summed E-state index contributed by atoms with van der Waals surface area (Å²) in [4.78, 5) is 10.3. The minimum absolute atomic E-state index is 0.620. The van der Waals surface area contributed by atoms with Gasteiger partial charge in [-0.25, -0.2) is 4.79 Å². The molecular formula is C10H8BrClO2. The third-order valence-electron chi connectivity index (χ3n) is 1.79. The van der Waals surface area contributed by atoms with Crippen LogP contribution in [0.4, 0.5) is 0 Å². The summed E-state index contributed by atoms with van der Waals surface area (Å²) in [5, 5.41) is 9.09. The molecule has 0 fully saturated rings. The van der Waals surface area contributed by atoms with Crippen LogP contribution in [0.2, 0.25) is 5.02 Å². The molecular weight excluding hydrogens is 267 g/mol. The van der Waals surface area contributed by atoms with Gasteiger partial charge >= 0.3 is 5.97 Å². The Morgan fingerprint density at radius 3 is 2.79 bits per heavy atom. The molecule has 0 heterocycles. The lowest BCUT2D eigenvalue weighted by atomic mass is 10.1. The van der Waals surface area contributed by atoms with Gasteiger partial charge in [0.05, 0.1) is 5.02 Å². The number of carboxylic acids is 1. The molecule has 0 amide bonds. The van der Waals surface area contributed by atoms with Crippen LogP contribution in [0.1, 0.15) is 11.1 Å². The molecule has 0 saturated carbocycles. The number of hydrogen-bond donors (Lipinski definition) is 1. The Morgan fingerprint density at radius 1 is 1.57 bits per heavy atom. The predicted octanol–water partition coefficient (Wildman–Crippen LogP) is 3.51. The summed E-state index contributed by atoms with van der Waals surface area (Å²) in [6.45, 7) is 1.87. The van der Waals surface area contributed by atoms with Crippen molar-refractivity contribution in [1.29, 1.82) is 0 Å². The van der Waals surface area contributed by atoms with Gasteiger partial charge in [0.15, 0.2) is 0 Å². The Kier molecular flexibility index (Phi) is 3.72. The third kappa shape index (κ3) is 2.59. The maximum atomic E-state index is 10.3. The number of aliphatic carboxylic acids is 1. The van der Waals surface area contributed by atoms with E-state index < -0.39 is 5.97 Å². The van der Waals surface area contributed by atoms with Gasteiger partial charge in [0.25, 0.3) is 0 Å². The maximum Gasteiger partial charge on any atom is 0.328 e. The van der Waals surface area contributed by atoms with Gasteiger partial charge in [0, 0.05) is 10.5 Å². The normalized spacial score (nSPS) is 10.8. The van der Waals surface area contributed by atoms with Crippen molar-refractivity contribution >= 4 is 39.6 Å². The van der Waals surface area contributed by atoms with Gasteiger partial charge in [0.1, 0.15) is 0 Å². The second kappa shape index (κ2) is 4.62. The summed E-state index contributed by atoms with van der Waals surface area (Å²) in [6.07, 6.45) is 2.64. The predicted molar refractivity (Wildman–Crippen MR) is 60.6 cm³/mol. The number of halogens is 2. The van der Waals surface area contributed by atoms with E-state index in [0.29, 0.717) is 5.02 Å². The minimum Gasteiger partial charge on any atom is -0.478 e. The van der Waals surface area contributed by atoms with Crippen molar-refractivity contribution in [2.45, 2.75) is 6.92 Å². The molecule has 0 aliphatic carbocycles. The van der Waals surface area contributed by atoms with Gasteiger partial charge in [0.2, 0.25) is 0 Å². The molecule has 0 bridgehead atoms. The molecule has 0 unspecified atom stereocenters. The van der Waals surface area contributed by atoms with Gasteiger partial charge in [-0.2, -0.15) is 0 Å². The van der Waals surface area contributed by atoms with Crippen LogP contribution in [0.15, 0.2) is 22.7 Å². The van der Waals surface area contributed by atoms with Crippen molar-refractivity contribution in [1.82, 2.24) is 0 Å². The highest BCUT2D eigenvalue weighted by Gasteiger charge is 2.03. The van der Waals surface area contributed by atoms with Gasteiger partial charge in [-0.3, -0.25) is 0 Å². The monoisotopic (exact) mass is 274 g/mol. The van der Waals surface area contributed by atoms with Gasteiger partial charge in [-0.1, -0.05) is 17.7 Å². The number of rotatable bonds is 2. The SMILES string of the molecule is Cc1c(/C=C/C(=O)O)ccc(Cl)c1Br. The Hall–Kier alpha value is -0.800. The molecule has 0 atom stereocenters.